The molecule has 1 heterocycles. The van der Waals surface area contributed by atoms with Gasteiger partial charge in [-0.25, -0.2) is 0 Å². The highest BCUT2D eigenvalue weighted by Gasteiger charge is 2.55. The molecule has 12 heteroatoms. The summed E-state index contributed by atoms with van der Waals surface area (Å²) in [6.07, 6.45) is -7.69. The summed E-state index contributed by atoms with van der Waals surface area (Å²) < 4.78 is 26.3. The van der Waals surface area contributed by atoms with Crippen molar-refractivity contribution >= 4 is 29.8 Å². The maximum Gasteiger partial charge on any atom is 0.305 e. The lowest BCUT2D eigenvalue weighted by Crippen LogP contribution is -2.65. The number of benzene rings is 1. The lowest BCUT2D eigenvalue weighted by molar-refractivity contribution is -0.290. The summed E-state index contributed by atoms with van der Waals surface area (Å²) in [5.74, 6) is -4.20. The summed E-state index contributed by atoms with van der Waals surface area (Å²) in [4.78, 5) is 60.2. The fourth-order valence-corrected chi connectivity index (χ4v) is 3.59. The predicted molar refractivity (Wildman–Crippen MR) is 116 cm³/mol. The van der Waals surface area contributed by atoms with Gasteiger partial charge in [0.25, 0.3) is 5.91 Å². The Labute approximate surface area is 201 Å². The molecular weight excluding hydrogens is 466 g/mol. The number of ether oxygens (including phenoxy) is 5. The zero-order valence-electron chi connectivity index (χ0n) is 19.8. The monoisotopic (exact) mass is 495 g/mol. The third-order valence-corrected chi connectivity index (χ3v) is 4.83. The van der Waals surface area contributed by atoms with Gasteiger partial charge in [-0.3, -0.25) is 24.0 Å². The minimum absolute atomic E-state index is 0.269. The molecule has 12 nitrogen and oxygen atoms in total. The number of hydrogen-bond acceptors (Lipinski definition) is 11. The standard InChI is InChI=1S/C23H29NO11/c1-12(26)31-18-19(32-13(2)27)21(33-14(3)28)23(34-15(4)29)35-20(18)22(30)24-17(11-25)10-16-8-6-5-7-9-16/h5-9,17-21,23,25H,10-11H2,1-4H3,(H,24,30)/t17-,18-,19-,20-,21+,23+/m0/s1. The molecule has 0 aliphatic carbocycles. The van der Waals surface area contributed by atoms with Crippen LogP contribution in [0.4, 0.5) is 0 Å². The highest BCUT2D eigenvalue weighted by molar-refractivity contribution is 5.83. The van der Waals surface area contributed by atoms with Crippen LogP contribution in [0.15, 0.2) is 30.3 Å². The summed E-state index contributed by atoms with van der Waals surface area (Å²) >= 11 is 0. The van der Waals surface area contributed by atoms with Crippen molar-refractivity contribution in [2.45, 2.75) is 70.9 Å². The van der Waals surface area contributed by atoms with Crippen LogP contribution in [0.1, 0.15) is 33.3 Å². The first-order chi connectivity index (χ1) is 16.5. The predicted octanol–water partition coefficient (Wildman–Crippen LogP) is -0.211. The first-order valence-electron chi connectivity index (χ1n) is 10.8. The lowest BCUT2D eigenvalue weighted by Gasteiger charge is -2.43. The van der Waals surface area contributed by atoms with Gasteiger partial charge in [0.05, 0.1) is 12.6 Å². The van der Waals surface area contributed by atoms with Crippen molar-refractivity contribution < 1.29 is 52.8 Å². The van der Waals surface area contributed by atoms with E-state index in [0.717, 1.165) is 33.3 Å². The van der Waals surface area contributed by atoms with Crippen molar-refractivity contribution in [1.29, 1.82) is 0 Å². The Hall–Kier alpha value is -3.51. The second-order valence-electron chi connectivity index (χ2n) is 7.83. The SMILES string of the molecule is CC(=O)O[C@@H]1O[C@H](C(=O)N[C@H](CO)Cc2ccccc2)[C@@H](OC(C)=O)[C@H](OC(C)=O)[C@H]1OC(C)=O. The van der Waals surface area contributed by atoms with Crippen molar-refractivity contribution in [3.05, 3.63) is 35.9 Å². The van der Waals surface area contributed by atoms with Crippen LogP contribution >= 0.6 is 0 Å². The summed E-state index contributed by atoms with van der Waals surface area (Å²) in [7, 11) is 0. The van der Waals surface area contributed by atoms with E-state index in [1.807, 2.05) is 18.2 Å². The Morgan fingerprint density at radius 1 is 0.829 bits per heavy atom. The van der Waals surface area contributed by atoms with Gasteiger partial charge in [-0.1, -0.05) is 30.3 Å². The normalized spacial score (nSPS) is 24.4. The molecular formula is C23H29NO11. The second-order valence-corrected chi connectivity index (χ2v) is 7.83. The van der Waals surface area contributed by atoms with E-state index in [4.69, 9.17) is 23.7 Å². The molecule has 1 amide bonds. The first-order valence-corrected chi connectivity index (χ1v) is 10.8. The van der Waals surface area contributed by atoms with E-state index < -0.39 is 73.1 Å². The minimum Gasteiger partial charge on any atom is -0.455 e. The third kappa shape index (κ3) is 8.34. The van der Waals surface area contributed by atoms with Crippen LogP contribution in [-0.4, -0.2) is 78.2 Å². The zero-order chi connectivity index (χ0) is 26.1. The molecule has 0 unspecified atom stereocenters. The number of aliphatic hydroxyl groups is 1. The molecule has 1 aliphatic heterocycles. The summed E-state index contributed by atoms with van der Waals surface area (Å²) in [5, 5.41) is 12.4. The van der Waals surface area contributed by atoms with E-state index in [0.29, 0.717) is 0 Å². The van der Waals surface area contributed by atoms with Gasteiger partial charge in [-0.05, 0) is 12.0 Å². The number of amides is 1. The van der Waals surface area contributed by atoms with Crippen molar-refractivity contribution in [2.75, 3.05) is 6.61 Å². The van der Waals surface area contributed by atoms with Gasteiger partial charge in [0, 0.05) is 27.7 Å². The molecule has 6 atom stereocenters. The Morgan fingerprint density at radius 3 is 1.86 bits per heavy atom. The van der Waals surface area contributed by atoms with E-state index in [-0.39, 0.29) is 6.42 Å². The number of carbonyl (C=O) groups is 5. The van der Waals surface area contributed by atoms with E-state index >= 15 is 0 Å². The summed E-state index contributed by atoms with van der Waals surface area (Å²) in [5.41, 5.74) is 0.832. The first kappa shape index (κ1) is 27.7. The topological polar surface area (TPSA) is 164 Å². The molecule has 1 aromatic carbocycles. The Balaban J connectivity index is 2.39. The molecule has 0 spiro atoms. The third-order valence-electron chi connectivity index (χ3n) is 4.83. The van der Waals surface area contributed by atoms with Crippen LogP contribution < -0.4 is 5.32 Å². The van der Waals surface area contributed by atoms with Gasteiger partial charge >= 0.3 is 23.9 Å². The maximum atomic E-state index is 13.2. The number of rotatable bonds is 9. The van der Waals surface area contributed by atoms with Gasteiger partial charge in [0.1, 0.15) is 0 Å². The quantitative estimate of drug-likeness (QED) is 0.344. The number of esters is 4. The molecule has 0 bridgehead atoms. The van der Waals surface area contributed by atoms with Gasteiger partial charge in [0.15, 0.2) is 18.3 Å². The lowest BCUT2D eigenvalue weighted by atomic mass is 9.96. The molecule has 1 aromatic rings. The fraction of sp³-hybridized carbons (Fsp3) is 0.522. The van der Waals surface area contributed by atoms with Crippen molar-refractivity contribution in [1.82, 2.24) is 5.32 Å². The fourth-order valence-electron chi connectivity index (χ4n) is 3.59. The summed E-state index contributed by atoms with van der Waals surface area (Å²) in [6.45, 7) is 3.81. The molecule has 0 saturated carbocycles. The van der Waals surface area contributed by atoms with Crippen LogP contribution in [0.25, 0.3) is 0 Å². The molecule has 0 aromatic heterocycles. The molecule has 192 valence electrons. The number of nitrogens with one attached hydrogen (secondary N) is 1. The van der Waals surface area contributed by atoms with Crippen LogP contribution in [0, 0.1) is 0 Å². The van der Waals surface area contributed by atoms with Crippen molar-refractivity contribution in [2.24, 2.45) is 0 Å². The Bertz CT molecular complexity index is 919. The van der Waals surface area contributed by atoms with Crippen molar-refractivity contribution in [3.8, 4) is 0 Å². The maximum absolute atomic E-state index is 13.2. The van der Waals surface area contributed by atoms with Gasteiger partial charge in [0.2, 0.25) is 12.4 Å². The molecule has 2 rings (SSSR count). The number of carbonyl (C=O) groups excluding carboxylic acids is 5. The van der Waals surface area contributed by atoms with Crippen molar-refractivity contribution in [3.63, 3.8) is 0 Å². The van der Waals surface area contributed by atoms with Crippen LogP contribution in [0.2, 0.25) is 0 Å². The molecule has 2 N–H and O–H groups in total. The summed E-state index contributed by atoms with van der Waals surface area (Å²) in [6, 6.07) is 8.29. The largest absolute Gasteiger partial charge is 0.455 e. The number of aliphatic hydroxyl groups excluding tert-OH is 1. The Kier molecular flexibility index (Phi) is 10.2. The highest BCUT2D eigenvalue weighted by Crippen LogP contribution is 2.30. The average molecular weight is 495 g/mol. The smallest absolute Gasteiger partial charge is 0.305 e. The average Bonchev–Trinajstić information content (AvgIpc) is 2.76. The van der Waals surface area contributed by atoms with Gasteiger partial charge in [-0.2, -0.15) is 0 Å². The van der Waals surface area contributed by atoms with Gasteiger partial charge < -0.3 is 34.1 Å². The van der Waals surface area contributed by atoms with E-state index in [1.54, 1.807) is 12.1 Å². The number of hydrogen-bond donors (Lipinski definition) is 2. The highest BCUT2D eigenvalue weighted by atomic mass is 16.7. The minimum atomic E-state index is -1.66. The zero-order valence-corrected chi connectivity index (χ0v) is 19.8. The molecule has 1 aliphatic rings. The second kappa shape index (κ2) is 12.8. The molecule has 35 heavy (non-hydrogen) atoms. The Morgan fingerprint density at radius 2 is 1.34 bits per heavy atom. The van der Waals surface area contributed by atoms with E-state index in [1.165, 1.54) is 0 Å². The van der Waals surface area contributed by atoms with Crippen LogP contribution in [-0.2, 0) is 54.1 Å². The van der Waals surface area contributed by atoms with E-state index in [2.05, 4.69) is 5.32 Å². The van der Waals surface area contributed by atoms with E-state index in [9.17, 15) is 29.1 Å². The molecule has 1 fully saturated rings. The molecule has 1 saturated heterocycles. The van der Waals surface area contributed by atoms with Gasteiger partial charge in [-0.15, -0.1) is 0 Å². The van der Waals surface area contributed by atoms with Crippen LogP contribution in [0.3, 0.4) is 0 Å². The molecule has 0 radical (unpaired) electrons. The van der Waals surface area contributed by atoms with Crippen LogP contribution in [0.5, 0.6) is 0 Å².